The number of hydrogen-bond donors (Lipinski definition) is 1. The van der Waals surface area contributed by atoms with Crippen molar-refractivity contribution in [2.75, 3.05) is 20.1 Å². The van der Waals surface area contributed by atoms with E-state index in [1.807, 2.05) is 55.7 Å². The number of hydrogen-bond acceptors (Lipinski definition) is 4. The molecule has 3 heterocycles. The summed E-state index contributed by atoms with van der Waals surface area (Å²) in [7, 11) is 1.85. The van der Waals surface area contributed by atoms with Crippen molar-refractivity contribution in [3.8, 4) is 0 Å². The first kappa shape index (κ1) is 19.3. The molecule has 0 unspecified atom stereocenters. The van der Waals surface area contributed by atoms with Gasteiger partial charge in [0.1, 0.15) is 0 Å². The van der Waals surface area contributed by atoms with Gasteiger partial charge >= 0.3 is 0 Å². The number of piperidine rings is 1. The van der Waals surface area contributed by atoms with Gasteiger partial charge in [-0.3, -0.25) is 19.8 Å². The lowest BCUT2D eigenvalue weighted by molar-refractivity contribution is 0.0782. The molecule has 1 aromatic carbocycles. The van der Waals surface area contributed by atoms with Crippen molar-refractivity contribution >= 4 is 5.91 Å². The number of aromatic amines is 1. The van der Waals surface area contributed by atoms with Gasteiger partial charge in [-0.2, -0.15) is 5.10 Å². The summed E-state index contributed by atoms with van der Waals surface area (Å²) in [5, 5.41) is 7.33. The van der Waals surface area contributed by atoms with Crippen LogP contribution in [0, 0.1) is 0 Å². The van der Waals surface area contributed by atoms with E-state index in [0.29, 0.717) is 12.1 Å². The fourth-order valence-corrected chi connectivity index (χ4v) is 4.07. The van der Waals surface area contributed by atoms with E-state index in [9.17, 15) is 4.79 Å². The molecule has 0 aliphatic carbocycles. The lowest BCUT2D eigenvalue weighted by Crippen LogP contribution is -2.35. The Morgan fingerprint density at radius 1 is 1.21 bits per heavy atom. The van der Waals surface area contributed by atoms with Gasteiger partial charge in [-0.1, -0.05) is 36.4 Å². The molecule has 1 aliphatic rings. The highest BCUT2D eigenvalue weighted by atomic mass is 16.2. The summed E-state index contributed by atoms with van der Waals surface area (Å²) in [6, 6.07) is 16.1. The summed E-state index contributed by atoms with van der Waals surface area (Å²) in [5.74, 6) is 0.290. The van der Waals surface area contributed by atoms with Gasteiger partial charge < -0.3 is 4.90 Å². The smallest absolute Gasteiger partial charge is 0.257 e. The van der Waals surface area contributed by atoms with Gasteiger partial charge in [0, 0.05) is 38.8 Å². The van der Waals surface area contributed by atoms with Crippen molar-refractivity contribution in [3.05, 3.63) is 83.4 Å². The number of amides is 1. The number of aromatic nitrogens is 3. The fraction of sp³-hybridized carbons (Fsp3) is 0.348. The molecule has 1 fully saturated rings. The second kappa shape index (κ2) is 9.01. The van der Waals surface area contributed by atoms with E-state index < -0.39 is 0 Å². The second-order valence-electron chi connectivity index (χ2n) is 7.74. The van der Waals surface area contributed by atoms with Crippen molar-refractivity contribution in [1.29, 1.82) is 0 Å². The highest BCUT2D eigenvalue weighted by Crippen LogP contribution is 2.29. The number of likely N-dealkylation sites (tertiary alicyclic amines) is 1. The van der Waals surface area contributed by atoms with Crippen LogP contribution in [0.2, 0.25) is 0 Å². The molecule has 0 radical (unpaired) electrons. The lowest BCUT2D eigenvalue weighted by Gasteiger charge is -2.32. The maximum Gasteiger partial charge on any atom is 0.257 e. The van der Waals surface area contributed by atoms with Crippen LogP contribution in [0.1, 0.15) is 46.1 Å². The molecule has 6 nitrogen and oxygen atoms in total. The first-order valence-corrected chi connectivity index (χ1v) is 10.2. The molecule has 1 atom stereocenters. The van der Waals surface area contributed by atoms with Gasteiger partial charge in [0.15, 0.2) is 0 Å². The molecule has 1 N–H and O–H groups in total. The third kappa shape index (κ3) is 4.71. The Kier molecular flexibility index (Phi) is 6.00. The van der Waals surface area contributed by atoms with Crippen LogP contribution >= 0.6 is 0 Å². The van der Waals surface area contributed by atoms with Gasteiger partial charge in [0.25, 0.3) is 5.91 Å². The molecule has 150 valence electrons. The van der Waals surface area contributed by atoms with E-state index in [0.717, 1.165) is 49.4 Å². The summed E-state index contributed by atoms with van der Waals surface area (Å²) < 4.78 is 0. The zero-order valence-corrected chi connectivity index (χ0v) is 16.8. The number of carbonyl (C=O) groups is 1. The minimum Gasteiger partial charge on any atom is -0.337 e. The van der Waals surface area contributed by atoms with Crippen molar-refractivity contribution < 1.29 is 4.79 Å². The Bertz CT molecular complexity index is 925. The van der Waals surface area contributed by atoms with Crippen LogP contribution in [0.25, 0.3) is 0 Å². The number of H-pyrrole nitrogens is 1. The molecule has 1 saturated heterocycles. The molecule has 3 aromatic rings. The molecule has 2 aromatic heterocycles. The standard InChI is InChI=1S/C23H27N5O/c1-27(15-18-8-3-2-4-9-18)23(29)21-14-25-26-22(21)19-10-7-13-28(16-19)17-20-11-5-6-12-24-20/h2-6,8-9,11-12,14,19H,7,10,13,15-17H2,1H3,(H,25,26)/t19-/m1/s1. The third-order valence-corrected chi connectivity index (χ3v) is 5.53. The van der Waals surface area contributed by atoms with Crippen LogP contribution in [0.4, 0.5) is 0 Å². The van der Waals surface area contributed by atoms with Crippen molar-refractivity contribution in [2.24, 2.45) is 0 Å². The molecular weight excluding hydrogens is 362 g/mol. The normalized spacial score (nSPS) is 17.2. The van der Waals surface area contributed by atoms with Crippen molar-refractivity contribution in [3.63, 3.8) is 0 Å². The number of pyridine rings is 1. The van der Waals surface area contributed by atoms with E-state index in [1.165, 1.54) is 0 Å². The first-order chi connectivity index (χ1) is 14.2. The summed E-state index contributed by atoms with van der Waals surface area (Å²) in [6.45, 7) is 3.38. The van der Waals surface area contributed by atoms with Gasteiger partial charge in [-0.25, -0.2) is 0 Å². The number of benzene rings is 1. The second-order valence-corrected chi connectivity index (χ2v) is 7.74. The predicted octanol–water partition coefficient (Wildman–Crippen LogP) is 3.46. The summed E-state index contributed by atoms with van der Waals surface area (Å²) in [6.07, 6.45) is 5.68. The Hall–Kier alpha value is -2.99. The van der Waals surface area contributed by atoms with E-state index in [1.54, 1.807) is 11.1 Å². The van der Waals surface area contributed by atoms with Crippen LogP contribution in [0.3, 0.4) is 0 Å². The lowest BCUT2D eigenvalue weighted by atomic mass is 9.92. The molecular formula is C23H27N5O. The van der Waals surface area contributed by atoms with Gasteiger partial charge in [-0.05, 0) is 37.1 Å². The monoisotopic (exact) mass is 389 g/mol. The van der Waals surface area contributed by atoms with Crippen molar-refractivity contribution in [1.82, 2.24) is 25.0 Å². The average Bonchev–Trinajstić information content (AvgIpc) is 3.25. The van der Waals surface area contributed by atoms with E-state index in [-0.39, 0.29) is 11.8 Å². The highest BCUT2D eigenvalue weighted by molar-refractivity contribution is 5.95. The number of nitrogens with one attached hydrogen (secondary N) is 1. The number of nitrogens with zero attached hydrogens (tertiary/aromatic N) is 4. The zero-order chi connectivity index (χ0) is 20.1. The van der Waals surface area contributed by atoms with Crippen LogP contribution in [0.15, 0.2) is 60.9 Å². The van der Waals surface area contributed by atoms with Gasteiger partial charge in [-0.15, -0.1) is 0 Å². The minimum absolute atomic E-state index is 0.0134. The van der Waals surface area contributed by atoms with Crippen LogP contribution in [-0.4, -0.2) is 51.0 Å². The Morgan fingerprint density at radius 3 is 2.83 bits per heavy atom. The maximum absolute atomic E-state index is 13.1. The molecule has 1 aliphatic heterocycles. The average molecular weight is 390 g/mol. The molecule has 1 amide bonds. The molecule has 4 rings (SSSR count). The molecule has 0 spiro atoms. The Balaban J connectivity index is 1.44. The zero-order valence-electron chi connectivity index (χ0n) is 16.8. The Morgan fingerprint density at radius 2 is 2.03 bits per heavy atom. The Labute approximate surface area is 171 Å². The van der Waals surface area contributed by atoms with E-state index in [4.69, 9.17) is 0 Å². The SMILES string of the molecule is CN(Cc1ccccc1)C(=O)c1cn[nH]c1[C@@H]1CCCN(Cc2ccccn2)C1. The fourth-order valence-electron chi connectivity index (χ4n) is 4.07. The summed E-state index contributed by atoms with van der Waals surface area (Å²) in [4.78, 5) is 21.7. The van der Waals surface area contributed by atoms with Crippen molar-refractivity contribution in [2.45, 2.75) is 31.8 Å². The van der Waals surface area contributed by atoms with Gasteiger partial charge in [0.05, 0.1) is 23.1 Å². The molecule has 0 bridgehead atoms. The number of rotatable bonds is 6. The predicted molar refractivity (Wildman–Crippen MR) is 112 cm³/mol. The van der Waals surface area contributed by atoms with Crippen LogP contribution < -0.4 is 0 Å². The highest BCUT2D eigenvalue weighted by Gasteiger charge is 2.28. The first-order valence-electron chi connectivity index (χ1n) is 10.2. The quantitative estimate of drug-likeness (QED) is 0.701. The summed E-state index contributed by atoms with van der Waals surface area (Å²) >= 11 is 0. The van der Waals surface area contributed by atoms with Crippen LogP contribution in [-0.2, 0) is 13.1 Å². The molecule has 0 saturated carbocycles. The third-order valence-electron chi connectivity index (χ3n) is 5.53. The maximum atomic E-state index is 13.1. The summed E-state index contributed by atoms with van der Waals surface area (Å²) in [5.41, 5.74) is 3.85. The number of carbonyl (C=O) groups excluding carboxylic acids is 1. The van der Waals surface area contributed by atoms with E-state index >= 15 is 0 Å². The van der Waals surface area contributed by atoms with Gasteiger partial charge in [0.2, 0.25) is 0 Å². The molecule has 29 heavy (non-hydrogen) atoms. The topological polar surface area (TPSA) is 65.1 Å². The van der Waals surface area contributed by atoms with E-state index in [2.05, 4.69) is 26.1 Å². The minimum atomic E-state index is 0.0134. The van der Waals surface area contributed by atoms with Crippen LogP contribution in [0.5, 0.6) is 0 Å². The molecule has 6 heteroatoms. The largest absolute Gasteiger partial charge is 0.337 e.